The first kappa shape index (κ1) is 15.7. The topological polar surface area (TPSA) is 41.6 Å². The number of nitrogens with one attached hydrogen (secondary N) is 1. The molecule has 1 heterocycles. The minimum atomic E-state index is 0. The number of carbonyl (C=O) groups excluding carboxylic acids is 1. The van der Waals surface area contributed by atoms with Crippen molar-refractivity contribution in [1.29, 1.82) is 0 Å². The second kappa shape index (κ2) is 7.97. The molecular formula is C13H25ClN2O2. The van der Waals surface area contributed by atoms with Crippen LogP contribution in [0.25, 0.3) is 0 Å². The lowest BCUT2D eigenvalue weighted by atomic mass is 10.1. The number of nitrogens with zero attached hydrogens (tertiary/aromatic N) is 1. The standard InChI is InChI=1S/C13H24N2O2.ClH/c1-15(10-12-4-2-3-7-17-12)13(16)9-14-8-11-5-6-11;/h11-12,14H,2-10H2,1H3;1H. The molecule has 2 aliphatic rings. The van der Waals surface area contributed by atoms with Crippen molar-refractivity contribution in [2.45, 2.75) is 38.2 Å². The maximum atomic E-state index is 11.8. The fourth-order valence-electron chi connectivity index (χ4n) is 2.20. The molecule has 0 spiro atoms. The Morgan fingerprint density at radius 3 is 2.72 bits per heavy atom. The van der Waals surface area contributed by atoms with Gasteiger partial charge in [0.05, 0.1) is 12.6 Å². The van der Waals surface area contributed by atoms with Crippen molar-refractivity contribution in [3.8, 4) is 0 Å². The Bertz CT molecular complexity index is 253. The lowest BCUT2D eigenvalue weighted by Gasteiger charge is -2.27. The van der Waals surface area contributed by atoms with Gasteiger partial charge in [-0.05, 0) is 44.6 Å². The van der Waals surface area contributed by atoms with Gasteiger partial charge < -0.3 is 15.0 Å². The summed E-state index contributed by atoms with van der Waals surface area (Å²) in [7, 11) is 1.87. The minimum Gasteiger partial charge on any atom is -0.376 e. The van der Waals surface area contributed by atoms with Crippen molar-refractivity contribution in [2.75, 3.05) is 33.3 Å². The first-order valence-electron chi connectivity index (χ1n) is 6.82. The second-order valence-corrected chi connectivity index (χ2v) is 5.34. The third-order valence-corrected chi connectivity index (χ3v) is 3.58. The summed E-state index contributed by atoms with van der Waals surface area (Å²) >= 11 is 0. The Hall–Kier alpha value is -0.320. The third kappa shape index (κ3) is 5.55. The van der Waals surface area contributed by atoms with E-state index >= 15 is 0 Å². The number of likely N-dealkylation sites (N-methyl/N-ethyl adjacent to an activating group) is 1. The summed E-state index contributed by atoms with van der Waals surface area (Å²) in [5, 5.41) is 3.23. The van der Waals surface area contributed by atoms with E-state index in [-0.39, 0.29) is 24.4 Å². The van der Waals surface area contributed by atoms with Crippen LogP contribution in [0.3, 0.4) is 0 Å². The van der Waals surface area contributed by atoms with Gasteiger partial charge in [0, 0.05) is 20.2 Å². The van der Waals surface area contributed by atoms with E-state index in [4.69, 9.17) is 4.74 Å². The number of hydrogen-bond donors (Lipinski definition) is 1. The summed E-state index contributed by atoms with van der Waals surface area (Å²) in [6.45, 7) is 3.07. The maximum Gasteiger partial charge on any atom is 0.236 e. The van der Waals surface area contributed by atoms with E-state index < -0.39 is 0 Å². The van der Waals surface area contributed by atoms with Crippen LogP contribution in [0, 0.1) is 5.92 Å². The molecule has 106 valence electrons. The van der Waals surface area contributed by atoms with Crippen LogP contribution in [0.15, 0.2) is 0 Å². The molecule has 1 aliphatic heterocycles. The fraction of sp³-hybridized carbons (Fsp3) is 0.923. The van der Waals surface area contributed by atoms with Gasteiger partial charge >= 0.3 is 0 Å². The molecule has 18 heavy (non-hydrogen) atoms. The monoisotopic (exact) mass is 276 g/mol. The minimum absolute atomic E-state index is 0. The molecule has 1 amide bonds. The van der Waals surface area contributed by atoms with E-state index in [2.05, 4.69) is 5.32 Å². The van der Waals surface area contributed by atoms with E-state index in [0.717, 1.165) is 38.5 Å². The molecule has 4 nitrogen and oxygen atoms in total. The summed E-state index contributed by atoms with van der Waals surface area (Å²) < 4.78 is 5.64. The highest BCUT2D eigenvalue weighted by Gasteiger charge is 2.22. The molecule has 0 aromatic carbocycles. The Morgan fingerprint density at radius 1 is 1.33 bits per heavy atom. The van der Waals surface area contributed by atoms with E-state index in [9.17, 15) is 4.79 Å². The second-order valence-electron chi connectivity index (χ2n) is 5.34. The van der Waals surface area contributed by atoms with Gasteiger partial charge in [0.1, 0.15) is 0 Å². The molecule has 2 rings (SSSR count). The highest BCUT2D eigenvalue weighted by Crippen LogP contribution is 2.27. The van der Waals surface area contributed by atoms with E-state index in [1.807, 2.05) is 7.05 Å². The normalized spacial score (nSPS) is 23.3. The number of hydrogen-bond acceptors (Lipinski definition) is 3. The van der Waals surface area contributed by atoms with Crippen LogP contribution in [0.4, 0.5) is 0 Å². The molecular weight excluding hydrogens is 252 g/mol. The van der Waals surface area contributed by atoms with Crippen LogP contribution in [-0.2, 0) is 9.53 Å². The van der Waals surface area contributed by atoms with Gasteiger partial charge in [-0.2, -0.15) is 0 Å². The van der Waals surface area contributed by atoms with Gasteiger partial charge in [0.2, 0.25) is 5.91 Å². The van der Waals surface area contributed by atoms with Gasteiger partial charge in [-0.3, -0.25) is 4.79 Å². The average molecular weight is 277 g/mol. The van der Waals surface area contributed by atoms with Crippen LogP contribution in [0.2, 0.25) is 0 Å². The summed E-state index contributed by atoms with van der Waals surface area (Å²) in [4.78, 5) is 13.6. The molecule has 0 bridgehead atoms. The Kier molecular flexibility index (Phi) is 6.97. The maximum absolute atomic E-state index is 11.8. The number of ether oxygens (including phenoxy) is 1. The van der Waals surface area contributed by atoms with Gasteiger partial charge in [0.25, 0.3) is 0 Å². The van der Waals surface area contributed by atoms with Crippen LogP contribution in [-0.4, -0.2) is 50.2 Å². The van der Waals surface area contributed by atoms with E-state index in [1.165, 1.54) is 19.3 Å². The average Bonchev–Trinajstić information content (AvgIpc) is 3.14. The van der Waals surface area contributed by atoms with Gasteiger partial charge in [-0.15, -0.1) is 12.4 Å². The van der Waals surface area contributed by atoms with Crippen molar-refractivity contribution < 1.29 is 9.53 Å². The molecule has 1 N–H and O–H groups in total. The number of halogens is 1. The SMILES string of the molecule is CN(CC1CCCCO1)C(=O)CNCC1CC1.Cl. The zero-order valence-corrected chi connectivity index (χ0v) is 12.0. The largest absolute Gasteiger partial charge is 0.376 e. The molecule has 5 heteroatoms. The molecule has 1 atom stereocenters. The third-order valence-electron chi connectivity index (χ3n) is 3.58. The van der Waals surface area contributed by atoms with Crippen molar-refractivity contribution in [2.24, 2.45) is 5.92 Å². The van der Waals surface area contributed by atoms with Crippen molar-refractivity contribution in [3.05, 3.63) is 0 Å². The fourth-order valence-corrected chi connectivity index (χ4v) is 2.20. The van der Waals surface area contributed by atoms with Crippen LogP contribution in [0.1, 0.15) is 32.1 Å². The predicted octanol–water partition coefficient (Wildman–Crippen LogP) is 1.44. The molecule has 0 radical (unpaired) electrons. The lowest BCUT2D eigenvalue weighted by molar-refractivity contribution is -0.131. The van der Waals surface area contributed by atoms with Crippen molar-refractivity contribution in [1.82, 2.24) is 10.2 Å². The van der Waals surface area contributed by atoms with Crippen molar-refractivity contribution in [3.63, 3.8) is 0 Å². The molecule has 1 aliphatic carbocycles. The lowest BCUT2D eigenvalue weighted by Crippen LogP contribution is -2.41. The van der Waals surface area contributed by atoms with E-state index in [0.29, 0.717) is 6.54 Å². The zero-order chi connectivity index (χ0) is 12.1. The van der Waals surface area contributed by atoms with Gasteiger partial charge in [0.15, 0.2) is 0 Å². The smallest absolute Gasteiger partial charge is 0.236 e. The zero-order valence-electron chi connectivity index (χ0n) is 11.2. The Labute approximate surface area is 116 Å². The Balaban J connectivity index is 0.00000162. The quantitative estimate of drug-likeness (QED) is 0.798. The molecule has 0 aromatic rings. The summed E-state index contributed by atoms with van der Waals surface area (Å²) in [6.07, 6.45) is 6.39. The van der Waals surface area contributed by atoms with Crippen LogP contribution >= 0.6 is 12.4 Å². The van der Waals surface area contributed by atoms with Crippen LogP contribution < -0.4 is 5.32 Å². The molecule has 2 fully saturated rings. The molecule has 0 aromatic heterocycles. The number of amides is 1. The van der Waals surface area contributed by atoms with Crippen LogP contribution in [0.5, 0.6) is 0 Å². The highest BCUT2D eigenvalue weighted by molar-refractivity contribution is 5.85. The first-order chi connectivity index (χ1) is 8.25. The number of rotatable bonds is 6. The molecule has 1 saturated heterocycles. The summed E-state index contributed by atoms with van der Waals surface area (Å²) in [6, 6.07) is 0. The molecule has 1 saturated carbocycles. The number of carbonyl (C=O) groups is 1. The summed E-state index contributed by atoms with van der Waals surface area (Å²) in [5.74, 6) is 1.01. The first-order valence-corrected chi connectivity index (χ1v) is 6.82. The van der Waals surface area contributed by atoms with Gasteiger partial charge in [-0.25, -0.2) is 0 Å². The summed E-state index contributed by atoms with van der Waals surface area (Å²) in [5.41, 5.74) is 0. The van der Waals surface area contributed by atoms with Gasteiger partial charge in [-0.1, -0.05) is 0 Å². The highest BCUT2D eigenvalue weighted by atomic mass is 35.5. The molecule has 1 unspecified atom stereocenters. The van der Waals surface area contributed by atoms with E-state index in [1.54, 1.807) is 4.90 Å². The predicted molar refractivity (Wildman–Crippen MR) is 74.1 cm³/mol. The van der Waals surface area contributed by atoms with Crippen molar-refractivity contribution >= 4 is 18.3 Å². The Morgan fingerprint density at radius 2 is 2.11 bits per heavy atom.